The molecule has 1 N–H and O–H groups in total. The number of nitrogens with zero attached hydrogens (tertiary/aromatic N) is 2. The van der Waals surface area contributed by atoms with Crippen LogP contribution >= 0.6 is 0 Å². The second kappa shape index (κ2) is 8.74. The molecule has 0 spiro atoms. The van der Waals surface area contributed by atoms with Gasteiger partial charge in [-0.2, -0.15) is 0 Å². The Bertz CT molecular complexity index is 927. The number of nitrogens with one attached hydrogen (secondary N) is 1. The Balaban J connectivity index is 0.00000225. The zero-order valence-electron chi connectivity index (χ0n) is 15.0. The van der Waals surface area contributed by atoms with Crippen LogP contribution in [-0.2, 0) is 16.6 Å². The Morgan fingerprint density at radius 3 is 2.64 bits per heavy atom. The third kappa shape index (κ3) is 4.32. The number of aromatic nitrogens is 3. The molecule has 1 unspecified atom stereocenters. The van der Waals surface area contributed by atoms with Crippen molar-refractivity contribution in [2.75, 3.05) is 14.2 Å². The SMILES string of the molecule is COc1ccc2nc(S(=O)Cc3ncc(C)c(OC)c3C)[nH]c2c1.[K+]. The number of imidazole rings is 1. The quantitative estimate of drug-likeness (QED) is 0.622. The molecule has 1 atom stereocenters. The van der Waals surface area contributed by atoms with Gasteiger partial charge in [0.15, 0.2) is 5.16 Å². The number of rotatable bonds is 5. The molecule has 0 saturated carbocycles. The van der Waals surface area contributed by atoms with Gasteiger partial charge in [-0.1, -0.05) is 0 Å². The van der Waals surface area contributed by atoms with Crippen LogP contribution in [-0.4, -0.2) is 33.4 Å². The number of pyridine rings is 1. The van der Waals surface area contributed by atoms with Crippen LogP contribution in [0.1, 0.15) is 16.8 Å². The molecular formula is C17H19KN3O3S+. The van der Waals surface area contributed by atoms with E-state index in [0.717, 1.165) is 39.4 Å². The number of ether oxygens (including phenoxy) is 2. The first-order valence-electron chi connectivity index (χ1n) is 7.44. The Morgan fingerprint density at radius 1 is 1.20 bits per heavy atom. The first-order valence-corrected chi connectivity index (χ1v) is 8.76. The molecule has 0 aliphatic heterocycles. The van der Waals surface area contributed by atoms with Gasteiger partial charge >= 0.3 is 51.4 Å². The number of hydrogen-bond acceptors (Lipinski definition) is 5. The molecule has 6 nitrogen and oxygen atoms in total. The molecule has 0 fully saturated rings. The van der Waals surface area contributed by atoms with Crippen molar-refractivity contribution < 1.29 is 65.1 Å². The van der Waals surface area contributed by atoms with Crippen LogP contribution in [0, 0.1) is 13.8 Å². The fourth-order valence-electron chi connectivity index (χ4n) is 2.61. The maximum Gasteiger partial charge on any atom is 1.00 e. The molecule has 25 heavy (non-hydrogen) atoms. The zero-order valence-corrected chi connectivity index (χ0v) is 19.0. The van der Waals surface area contributed by atoms with Gasteiger partial charge in [-0.05, 0) is 26.0 Å². The van der Waals surface area contributed by atoms with E-state index < -0.39 is 10.8 Å². The molecular weight excluding hydrogens is 365 g/mol. The van der Waals surface area contributed by atoms with Crippen LogP contribution in [0.15, 0.2) is 29.6 Å². The van der Waals surface area contributed by atoms with Crippen molar-refractivity contribution in [1.29, 1.82) is 0 Å². The number of methoxy groups -OCH3 is 2. The predicted molar refractivity (Wildman–Crippen MR) is 93.0 cm³/mol. The molecule has 0 aliphatic carbocycles. The molecule has 0 radical (unpaired) electrons. The first kappa shape index (κ1) is 20.5. The molecule has 0 amide bonds. The van der Waals surface area contributed by atoms with Gasteiger partial charge in [0.2, 0.25) is 0 Å². The number of H-pyrrole nitrogens is 1. The van der Waals surface area contributed by atoms with Gasteiger partial charge in [0.25, 0.3) is 0 Å². The molecule has 3 rings (SSSR count). The second-order valence-electron chi connectivity index (χ2n) is 5.46. The summed E-state index contributed by atoms with van der Waals surface area (Å²) < 4.78 is 23.3. The van der Waals surface area contributed by atoms with E-state index in [0.29, 0.717) is 5.16 Å². The van der Waals surface area contributed by atoms with E-state index in [1.807, 2.05) is 32.0 Å². The summed E-state index contributed by atoms with van der Waals surface area (Å²) in [5, 5.41) is 0.430. The monoisotopic (exact) mass is 384 g/mol. The minimum atomic E-state index is -1.33. The molecule has 3 aromatic rings. The van der Waals surface area contributed by atoms with E-state index in [2.05, 4.69) is 15.0 Å². The summed E-state index contributed by atoms with van der Waals surface area (Å²) in [4.78, 5) is 11.9. The number of hydrogen-bond donors (Lipinski definition) is 1. The normalized spacial score (nSPS) is 11.8. The van der Waals surface area contributed by atoms with Crippen LogP contribution < -0.4 is 60.9 Å². The molecule has 1 aromatic carbocycles. The maximum atomic E-state index is 12.7. The Labute approximate surface area is 191 Å². The van der Waals surface area contributed by atoms with Crippen molar-refractivity contribution in [2.45, 2.75) is 24.8 Å². The summed E-state index contributed by atoms with van der Waals surface area (Å²) in [6.07, 6.45) is 1.74. The zero-order chi connectivity index (χ0) is 17.3. The van der Waals surface area contributed by atoms with E-state index in [1.54, 1.807) is 20.4 Å². The predicted octanol–water partition coefficient (Wildman–Crippen LogP) is -0.0963. The largest absolute Gasteiger partial charge is 1.00 e. The van der Waals surface area contributed by atoms with Crippen molar-refractivity contribution >= 4 is 21.8 Å². The van der Waals surface area contributed by atoms with Gasteiger partial charge in [0.1, 0.15) is 11.5 Å². The third-order valence-electron chi connectivity index (χ3n) is 3.90. The van der Waals surface area contributed by atoms with E-state index in [1.165, 1.54) is 0 Å². The summed E-state index contributed by atoms with van der Waals surface area (Å²) in [5.74, 6) is 1.79. The van der Waals surface area contributed by atoms with Crippen LogP contribution in [0.5, 0.6) is 11.5 Å². The first-order chi connectivity index (χ1) is 11.5. The fraction of sp³-hybridized carbons (Fsp3) is 0.294. The smallest absolute Gasteiger partial charge is 0.497 e. The van der Waals surface area contributed by atoms with E-state index in [-0.39, 0.29) is 57.1 Å². The summed E-state index contributed by atoms with van der Waals surface area (Å²) in [7, 11) is 1.91. The van der Waals surface area contributed by atoms with Gasteiger partial charge in [0, 0.05) is 23.4 Å². The number of aryl methyl sites for hydroxylation is 1. The number of aromatic amines is 1. The molecule has 0 saturated heterocycles. The van der Waals surface area contributed by atoms with E-state index >= 15 is 0 Å². The van der Waals surface area contributed by atoms with E-state index in [4.69, 9.17) is 9.47 Å². The summed E-state index contributed by atoms with van der Waals surface area (Å²) in [5.41, 5.74) is 4.16. The van der Waals surface area contributed by atoms with Crippen LogP contribution in [0.2, 0.25) is 0 Å². The van der Waals surface area contributed by atoms with Crippen LogP contribution in [0.25, 0.3) is 11.0 Å². The van der Waals surface area contributed by atoms with Gasteiger partial charge < -0.3 is 14.5 Å². The van der Waals surface area contributed by atoms with Crippen molar-refractivity contribution in [3.63, 3.8) is 0 Å². The van der Waals surface area contributed by atoms with Crippen LogP contribution in [0.3, 0.4) is 0 Å². The average molecular weight is 385 g/mol. The maximum absolute atomic E-state index is 12.7. The van der Waals surface area contributed by atoms with Crippen molar-refractivity contribution in [1.82, 2.24) is 15.0 Å². The van der Waals surface area contributed by atoms with Gasteiger partial charge in [0.05, 0.1) is 47.5 Å². The minimum Gasteiger partial charge on any atom is -0.497 e. The molecule has 8 heteroatoms. The van der Waals surface area contributed by atoms with Gasteiger partial charge in [-0.15, -0.1) is 0 Å². The molecule has 2 heterocycles. The standard InChI is InChI=1S/C17H19N3O3S.K/c1-10-8-18-15(11(2)16(10)23-4)9-24(21)17-19-13-6-5-12(22-3)7-14(13)20-17;/h5-8H,9H2,1-4H3,(H,19,20);/q;+1. The van der Waals surface area contributed by atoms with Gasteiger partial charge in [-0.3, -0.25) is 9.19 Å². The molecule has 126 valence electrons. The summed E-state index contributed by atoms with van der Waals surface area (Å²) >= 11 is 0. The topological polar surface area (TPSA) is 77.1 Å². The van der Waals surface area contributed by atoms with Crippen molar-refractivity contribution in [2.24, 2.45) is 0 Å². The van der Waals surface area contributed by atoms with Crippen LogP contribution in [0.4, 0.5) is 0 Å². The second-order valence-corrected chi connectivity index (χ2v) is 6.83. The minimum absolute atomic E-state index is 0. The number of benzene rings is 1. The van der Waals surface area contributed by atoms with E-state index in [9.17, 15) is 4.21 Å². The molecule has 0 bridgehead atoms. The summed E-state index contributed by atoms with van der Waals surface area (Å²) in [6.45, 7) is 3.86. The van der Waals surface area contributed by atoms with Crippen molar-refractivity contribution in [3.8, 4) is 11.5 Å². The Kier molecular flexibility index (Phi) is 7.18. The third-order valence-corrected chi connectivity index (χ3v) is 5.06. The molecule has 2 aromatic heterocycles. The fourth-order valence-corrected chi connectivity index (χ4v) is 3.71. The van der Waals surface area contributed by atoms with Gasteiger partial charge in [-0.25, -0.2) is 4.98 Å². The Morgan fingerprint density at radius 2 is 1.96 bits per heavy atom. The Hall–Kier alpha value is -0.774. The number of fused-ring (bicyclic) bond motifs is 1. The van der Waals surface area contributed by atoms with Crippen molar-refractivity contribution in [3.05, 3.63) is 41.2 Å². The summed E-state index contributed by atoms with van der Waals surface area (Å²) in [6, 6.07) is 5.50. The average Bonchev–Trinajstić information content (AvgIpc) is 3.01. The molecule has 0 aliphatic rings.